The zero-order valence-electron chi connectivity index (χ0n) is 15.0. The maximum absolute atomic E-state index is 13.5. The first-order valence-corrected chi connectivity index (χ1v) is 9.40. The number of anilines is 1. The van der Waals surface area contributed by atoms with Gasteiger partial charge in [-0.1, -0.05) is 6.07 Å². The highest BCUT2D eigenvalue weighted by Gasteiger charge is 2.35. The third kappa shape index (κ3) is 3.32. The lowest BCUT2D eigenvalue weighted by Gasteiger charge is -2.38. The van der Waals surface area contributed by atoms with Crippen LogP contribution in [0.5, 0.6) is 0 Å². The van der Waals surface area contributed by atoms with Crippen LogP contribution < -0.4 is 4.90 Å². The van der Waals surface area contributed by atoms with Gasteiger partial charge in [-0.15, -0.1) is 0 Å². The number of benzene rings is 1. The first kappa shape index (κ1) is 18.0. The molecule has 2 aromatic heterocycles. The van der Waals surface area contributed by atoms with E-state index in [1.54, 1.807) is 4.68 Å². The van der Waals surface area contributed by atoms with E-state index in [1.807, 2.05) is 20.2 Å². The fraction of sp³-hybridized carbons (Fsp3) is 0.389. The molecule has 0 bridgehead atoms. The minimum atomic E-state index is -1.17. The Bertz CT molecular complexity index is 978. The van der Waals surface area contributed by atoms with Crippen LogP contribution in [-0.4, -0.2) is 37.3 Å². The number of hydrogen-bond acceptors (Lipinski definition) is 6. The summed E-state index contributed by atoms with van der Waals surface area (Å²) in [6.07, 6.45) is 2.69. The number of aryl methyl sites for hydroxylation is 2. The molecule has 1 N–H and O–H groups in total. The van der Waals surface area contributed by atoms with Gasteiger partial charge in [-0.25, -0.2) is 8.78 Å². The van der Waals surface area contributed by atoms with Crippen LogP contribution in [-0.2, 0) is 12.6 Å². The molecule has 0 radical (unpaired) electrons. The van der Waals surface area contributed by atoms with E-state index in [1.165, 1.54) is 17.6 Å². The lowest BCUT2D eigenvalue weighted by atomic mass is 9.84. The Morgan fingerprint density at radius 1 is 1.19 bits per heavy atom. The van der Waals surface area contributed by atoms with Gasteiger partial charge in [0.1, 0.15) is 0 Å². The predicted octanol–water partition coefficient (Wildman–Crippen LogP) is 3.01. The Balaban J connectivity index is 1.49. The highest BCUT2D eigenvalue weighted by molar-refractivity contribution is 7.09. The predicted molar refractivity (Wildman–Crippen MR) is 98.5 cm³/mol. The molecule has 0 amide bonds. The molecule has 0 saturated carbocycles. The summed E-state index contributed by atoms with van der Waals surface area (Å²) in [5.74, 6) is -1.21. The molecule has 1 saturated heterocycles. The molecule has 142 valence electrons. The smallest absolute Gasteiger partial charge is 0.205 e. The molecule has 4 rings (SSSR count). The zero-order valence-corrected chi connectivity index (χ0v) is 15.8. The van der Waals surface area contributed by atoms with Crippen molar-refractivity contribution in [2.75, 3.05) is 18.0 Å². The molecule has 1 aliphatic heterocycles. The lowest BCUT2D eigenvalue weighted by Crippen LogP contribution is -2.42. The van der Waals surface area contributed by atoms with E-state index in [-0.39, 0.29) is 0 Å². The van der Waals surface area contributed by atoms with Gasteiger partial charge in [0.2, 0.25) is 5.13 Å². The lowest BCUT2D eigenvalue weighted by molar-refractivity contribution is 0.0114. The summed E-state index contributed by atoms with van der Waals surface area (Å²) in [5, 5.41) is 16.0. The minimum absolute atomic E-state index is 0.402. The van der Waals surface area contributed by atoms with Crippen LogP contribution in [0.3, 0.4) is 0 Å². The highest BCUT2D eigenvalue weighted by Crippen LogP contribution is 2.36. The quantitative estimate of drug-likeness (QED) is 0.743. The van der Waals surface area contributed by atoms with Gasteiger partial charge < -0.3 is 10.0 Å². The molecule has 0 aliphatic carbocycles. The molecule has 27 heavy (non-hydrogen) atoms. The fourth-order valence-electron chi connectivity index (χ4n) is 3.41. The Hall–Kier alpha value is -2.39. The minimum Gasteiger partial charge on any atom is -0.385 e. The Morgan fingerprint density at radius 2 is 1.93 bits per heavy atom. The highest BCUT2D eigenvalue weighted by atomic mass is 32.1. The van der Waals surface area contributed by atoms with E-state index in [0.717, 1.165) is 28.5 Å². The van der Waals surface area contributed by atoms with Crippen LogP contribution in [0.25, 0.3) is 11.4 Å². The van der Waals surface area contributed by atoms with E-state index in [9.17, 15) is 13.9 Å². The number of halogens is 2. The third-order valence-corrected chi connectivity index (χ3v) is 5.76. The first-order chi connectivity index (χ1) is 12.9. The average Bonchev–Trinajstić information content (AvgIpc) is 3.24. The topological polar surface area (TPSA) is 67.1 Å². The SMILES string of the molecule is Cc1nn(C)cc1-c1nsc(N2CCC(O)(c3ccc(F)c(F)c3)CC2)n1. The second-order valence-electron chi connectivity index (χ2n) is 6.85. The van der Waals surface area contributed by atoms with Crippen molar-refractivity contribution in [2.24, 2.45) is 7.05 Å². The van der Waals surface area contributed by atoms with E-state index in [4.69, 9.17) is 0 Å². The summed E-state index contributed by atoms with van der Waals surface area (Å²) in [7, 11) is 1.85. The van der Waals surface area contributed by atoms with Crippen molar-refractivity contribution in [1.82, 2.24) is 19.1 Å². The molecule has 6 nitrogen and oxygen atoms in total. The molecule has 1 aliphatic rings. The van der Waals surface area contributed by atoms with Crippen molar-refractivity contribution in [3.8, 4) is 11.4 Å². The van der Waals surface area contributed by atoms with Gasteiger partial charge in [0.15, 0.2) is 17.5 Å². The van der Waals surface area contributed by atoms with Crippen LogP contribution in [0.1, 0.15) is 24.1 Å². The molecule has 9 heteroatoms. The Kier molecular flexibility index (Phi) is 4.43. The van der Waals surface area contributed by atoms with Crippen molar-refractivity contribution >= 4 is 16.7 Å². The molecular formula is C18H19F2N5OS. The summed E-state index contributed by atoms with van der Waals surface area (Å²) in [6, 6.07) is 3.59. The molecular weight excluding hydrogens is 372 g/mol. The number of hydrogen-bond donors (Lipinski definition) is 1. The van der Waals surface area contributed by atoms with Gasteiger partial charge in [0.25, 0.3) is 0 Å². The van der Waals surface area contributed by atoms with Crippen LogP contribution in [0.2, 0.25) is 0 Å². The third-order valence-electron chi connectivity index (χ3n) is 4.99. The van der Waals surface area contributed by atoms with Gasteiger partial charge in [0, 0.05) is 37.9 Å². The number of aliphatic hydroxyl groups is 1. The van der Waals surface area contributed by atoms with E-state index >= 15 is 0 Å². The Labute approximate surface area is 159 Å². The normalized spacial score (nSPS) is 16.7. The van der Waals surface area contributed by atoms with Crippen LogP contribution in [0.4, 0.5) is 13.9 Å². The monoisotopic (exact) mass is 391 g/mol. The molecule has 3 heterocycles. The fourth-order valence-corrected chi connectivity index (χ4v) is 4.15. The van der Waals surface area contributed by atoms with Gasteiger partial charge >= 0.3 is 0 Å². The van der Waals surface area contributed by atoms with Crippen molar-refractivity contribution in [3.63, 3.8) is 0 Å². The number of piperidine rings is 1. The largest absolute Gasteiger partial charge is 0.385 e. The molecule has 1 fully saturated rings. The van der Waals surface area contributed by atoms with Gasteiger partial charge in [-0.05, 0) is 37.5 Å². The van der Waals surface area contributed by atoms with Crippen LogP contribution >= 0.6 is 11.5 Å². The molecule has 1 aromatic carbocycles. The maximum atomic E-state index is 13.5. The summed E-state index contributed by atoms with van der Waals surface area (Å²) in [5.41, 5.74) is 1.01. The molecule has 0 atom stereocenters. The number of rotatable bonds is 3. The van der Waals surface area contributed by atoms with Crippen molar-refractivity contribution in [2.45, 2.75) is 25.4 Å². The summed E-state index contributed by atoms with van der Waals surface area (Å²) in [6.45, 7) is 3.02. The van der Waals surface area contributed by atoms with Crippen molar-refractivity contribution in [3.05, 3.63) is 47.3 Å². The second-order valence-corrected chi connectivity index (χ2v) is 7.58. The van der Waals surface area contributed by atoms with E-state index in [2.05, 4.69) is 19.4 Å². The van der Waals surface area contributed by atoms with Gasteiger partial charge in [0.05, 0.1) is 16.9 Å². The van der Waals surface area contributed by atoms with Crippen molar-refractivity contribution < 1.29 is 13.9 Å². The van der Waals surface area contributed by atoms with Crippen molar-refractivity contribution in [1.29, 1.82) is 0 Å². The Morgan fingerprint density at radius 3 is 2.56 bits per heavy atom. The van der Waals surface area contributed by atoms with E-state index in [0.29, 0.717) is 37.3 Å². The average molecular weight is 391 g/mol. The number of nitrogens with zero attached hydrogens (tertiary/aromatic N) is 5. The molecule has 0 spiro atoms. The molecule has 0 unspecified atom stereocenters. The maximum Gasteiger partial charge on any atom is 0.205 e. The first-order valence-electron chi connectivity index (χ1n) is 8.63. The summed E-state index contributed by atoms with van der Waals surface area (Å²) < 4.78 is 32.8. The second kappa shape index (κ2) is 6.65. The standard InChI is InChI=1S/C18H19F2N5OS/c1-11-13(10-24(2)22-11)16-21-17(27-23-16)25-7-5-18(26,6-8-25)12-3-4-14(19)15(20)9-12/h3-4,9-10,26H,5-8H2,1-2H3. The zero-order chi connectivity index (χ0) is 19.2. The van der Waals surface area contributed by atoms with E-state index < -0.39 is 17.2 Å². The summed E-state index contributed by atoms with van der Waals surface area (Å²) in [4.78, 5) is 6.67. The van der Waals surface area contributed by atoms with Gasteiger partial charge in [-0.3, -0.25) is 4.68 Å². The molecule has 3 aromatic rings. The van der Waals surface area contributed by atoms with Crippen LogP contribution in [0, 0.1) is 18.6 Å². The van der Waals surface area contributed by atoms with Crippen LogP contribution in [0.15, 0.2) is 24.4 Å². The summed E-state index contributed by atoms with van der Waals surface area (Å²) >= 11 is 1.31. The number of aromatic nitrogens is 4. The van der Waals surface area contributed by atoms with Gasteiger partial charge in [-0.2, -0.15) is 14.5 Å².